The third kappa shape index (κ3) is 6.96. The summed E-state index contributed by atoms with van der Waals surface area (Å²) in [6.45, 7) is 0.151. The molecular weight excluding hydrogens is 484 g/mol. The Morgan fingerprint density at radius 3 is 2.06 bits per heavy atom. The molecule has 0 saturated heterocycles. The highest BCUT2D eigenvalue weighted by Crippen LogP contribution is 2.40. The molecule has 35 heavy (non-hydrogen) atoms. The predicted molar refractivity (Wildman–Crippen MR) is 115 cm³/mol. The van der Waals surface area contributed by atoms with Crippen molar-refractivity contribution in [1.29, 1.82) is 0 Å². The Kier molecular flexibility index (Phi) is 8.88. The van der Waals surface area contributed by atoms with E-state index in [4.69, 9.17) is 14.2 Å². The summed E-state index contributed by atoms with van der Waals surface area (Å²) in [7, 11) is 5.91. The lowest BCUT2D eigenvalue weighted by atomic mass is 10.1. The molecule has 0 aromatic heterocycles. The highest BCUT2D eigenvalue weighted by molar-refractivity contribution is 5.91. The molecule has 2 aromatic carbocycles. The van der Waals surface area contributed by atoms with Gasteiger partial charge in [0.25, 0.3) is 6.17 Å². The van der Waals surface area contributed by atoms with E-state index in [0.29, 0.717) is 28.4 Å². The van der Waals surface area contributed by atoms with Gasteiger partial charge in [-0.1, -0.05) is 12.1 Å². The van der Waals surface area contributed by atoms with E-state index in [1.165, 1.54) is 57.6 Å². The molecule has 0 radical (unpaired) electrons. The van der Waals surface area contributed by atoms with Gasteiger partial charge in [0, 0.05) is 25.2 Å². The van der Waals surface area contributed by atoms with Gasteiger partial charge in [-0.3, -0.25) is 4.79 Å². The number of amides is 1. The second-order valence-electron chi connectivity index (χ2n) is 7.16. The van der Waals surface area contributed by atoms with Crippen molar-refractivity contribution < 1.29 is 50.1 Å². The minimum absolute atomic E-state index is 0.151. The zero-order valence-corrected chi connectivity index (χ0v) is 19.2. The molecule has 2 rings (SSSR count). The fourth-order valence-electron chi connectivity index (χ4n) is 2.96. The normalized spacial score (nSPS) is 12.9. The van der Waals surface area contributed by atoms with Gasteiger partial charge in [-0.2, -0.15) is 22.0 Å². The molecule has 1 atom stereocenters. The number of benzene rings is 2. The van der Waals surface area contributed by atoms with E-state index in [0.717, 1.165) is 12.1 Å². The highest BCUT2D eigenvalue weighted by Gasteiger charge is 2.59. The van der Waals surface area contributed by atoms with Gasteiger partial charge >= 0.3 is 12.3 Å². The summed E-state index contributed by atoms with van der Waals surface area (Å²) < 4.78 is 96.1. The van der Waals surface area contributed by atoms with Gasteiger partial charge in [-0.15, -0.1) is 0 Å². The first-order valence-corrected chi connectivity index (χ1v) is 9.92. The molecule has 0 aliphatic heterocycles. The molecule has 192 valence electrons. The zero-order chi connectivity index (χ0) is 26.4. The molecule has 6 nitrogen and oxygen atoms in total. The van der Waals surface area contributed by atoms with E-state index in [2.05, 4.69) is 4.74 Å². The molecule has 0 aliphatic rings. The van der Waals surface area contributed by atoms with Crippen molar-refractivity contribution in [3.8, 4) is 23.0 Å². The lowest BCUT2D eigenvalue weighted by Gasteiger charge is -2.23. The van der Waals surface area contributed by atoms with Crippen LogP contribution >= 0.6 is 0 Å². The Morgan fingerprint density at radius 2 is 1.54 bits per heavy atom. The van der Waals surface area contributed by atoms with Crippen molar-refractivity contribution in [2.45, 2.75) is 25.0 Å². The van der Waals surface area contributed by atoms with E-state index in [-0.39, 0.29) is 6.54 Å². The van der Waals surface area contributed by atoms with E-state index in [1.807, 2.05) is 0 Å². The van der Waals surface area contributed by atoms with Gasteiger partial charge < -0.3 is 23.8 Å². The molecule has 1 amide bonds. The molecular formula is C23H23F6NO5. The number of nitrogens with zero attached hydrogens (tertiary/aromatic N) is 1. The summed E-state index contributed by atoms with van der Waals surface area (Å²) in [5.41, 5.74) is 1.00. The smallest absolute Gasteiger partial charge is 0.439 e. The second kappa shape index (κ2) is 11.2. The maximum absolute atomic E-state index is 13.4. The van der Waals surface area contributed by atoms with Gasteiger partial charge in [0.05, 0.1) is 21.3 Å². The van der Waals surface area contributed by atoms with E-state index < -0.39 is 30.1 Å². The summed E-state index contributed by atoms with van der Waals surface area (Å²) in [6, 6.07) is 7.67. The lowest BCUT2D eigenvalue weighted by Crippen LogP contribution is -2.45. The van der Waals surface area contributed by atoms with Crippen molar-refractivity contribution in [3.05, 3.63) is 53.6 Å². The molecule has 0 aliphatic carbocycles. The fourth-order valence-corrected chi connectivity index (χ4v) is 2.96. The van der Waals surface area contributed by atoms with Crippen LogP contribution in [0.1, 0.15) is 11.1 Å². The van der Waals surface area contributed by atoms with Crippen LogP contribution in [0.15, 0.2) is 42.5 Å². The van der Waals surface area contributed by atoms with Crippen molar-refractivity contribution in [3.63, 3.8) is 0 Å². The average Bonchev–Trinajstić information content (AvgIpc) is 2.81. The van der Waals surface area contributed by atoms with E-state index in [1.54, 1.807) is 12.1 Å². The molecule has 1 unspecified atom stereocenters. The Hall–Kier alpha value is -3.57. The minimum atomic E-state index is -5.78. The summed E-state index contributed by atoms with van der Waals surface area (Å²) in [5.74, 6) is 0.116. The number of rotatable bonds is 10. The Morgan fingerprint density at radius 1 is 0.943 bits per heavy atom. The first kappa shape index (κ1) is 27.7. The Bertz CT molecular complexity index is 1040. The number of alkyl halides is 6. The summed E-state index contributed by atoms with van der Waals surface area (Å²) in [6.07, 6.45) is -12.8. The minimum Gasteiger partial charge on any atom is -0.493 e. The third-order valence-corrected chi connectivity index (χ3v) is 4.70. The van der Waals surface area contributed by atoms with Crippen molar-refractivity contribution >= 4 is 12.0 Å². The highest BCUT2D eigenvalue weighted by atomic mass is 19.4. The number of halogens is 6. The maximum Gasteiger partial charge on any atom is 0.439 e. The van der Waals surface area contributed by atoms with Crippen LogP contribution in [0.3, 0.4) is 0 Å². The number of hydrogen-bond donors (Lipinski definition) is 0. The van der Waals surface area contributed by atoms with Gasteiger partial charge in [-0.25, -0.2) is 4.39 Å². The molecule has 0 spiro atoms. The zero-order valence-electron chi connectivity index (χ0n) is 19.2. The lowest BCUT2D eigenvalue weighted by molar-refractivity contribution is -0.304. The van der Waals surface area contributed by atoms with Crippen LogP contribution in [0.25, 0.3) is 6.08 Å². The molecule has 0 saturated carbocycles. The number of likely N-dealkylation sites (N-methyl/N-ethyl adjacent to an activating group) is 1. The SMILES string of the molecule is COc1ccc(CN(C)C(=O)/C=C/c2ccc(OC(F)(F)C(F)C(F)(F)F)cc2)c(OC)c1OC. The average molecular weight is 507 g/mol. The molecule has 2 aromatic rings. The van der Waals surface area contributed by atoms with Gasteiger partial charge in [-0.05, 0) is 35.9 Å². The van der Waals surface area contributed by atoms with E-state index >= 15 is 0 Å². The van der Waals surface area contributed by atoms with Crippen LogP contribution < -0.4 is 18.9 Å². The van der Waals surface area contributed by atoms with Crippen LogP contribution in [-0.2, 0) is 11.3 Å². The number of carbonyl (C=O) groups excluding carboxylic acids is 1. The molecule has 0 fully saturated rings. The number of hydrogen-bond acceptors (Lipinski definition) is 5. The van der Waals surface area contributed by atoms with Gasteiger partial charge in [0.2, 0.25) is 11.7 Å². The predicted octanol–water partition coefficient (Wildman–Crippen LogP) is 5.26. The number of methoxy groups -OCH3 is 3. The van der Waals surface area contributed by atoms with Crippen LogP contribution in [0.5, 0.6) is 23.0 Å². The quantitative estimate of drug-likeness (QED) is 0.325. The van der Waals surface area contributed by atoms with Gasteiger partial charge in [0.1, 0.15) is 5.75 Å². The summed E-state index contributed by atoms with van der Waals surface area (Å²) in [5, 5.41) is 0. The molecule has 12 heteroatoms. The van der Waals surface area contributed by atoms with Crippen LogP contribution in [0, 0.1) is 0 Å². The maximum atomic E-state index is 13.4. The topological polar surface area (TPSA) is 57.2 Å². The summed E-state index contributed by atoms with van der Waals surface area (Å²) in [4.78, 5) is 13.9. The van der Waals surface area contributed by atoms with E-state index in [9.17, 15) is 31.1 Å². The monoisotopic (exact) mass is 507 g/mol. The Balaban J connectivity index is 2.07. The van der Waals surface area contributed by atoms with Gasteiger partial charge in [0.15, 0.2) is 11.5 Å². The molecule has 0 heterocycles. The first-order chi connectivity index (χ1) is 16.3. The third-order valence-electron chi connectivity index (χ3n) is 4.70. The number of ether oxygens (including phenoxy) is 4. The van der Waals surface area contributed by atoms with Crippen molar-refractivity contribution in [2.75, 3.05) is 28.4 Å². The summed E-state index contributed by atoms with van der Waals surface area (Å²) >= 11 is 0. The largest absolute Gasteiger partial charge is 0.493 e. The number of carbonyl (C=O) groups is 1. The molecule has 0 N–H and O–H groups in total. The second-order valence-corrected chi connectivity index (χ2v) is 7.16. The van der Waals surface area contributed by atoms with Crippen LogP contribution in [0.4, 0.5) is 26.3 Å². The van der Waals surface area contributed by atoms with Crippen molar-refractivity contribution in [2.24, 2.45) is 0 Å². The van der Waals surface area contributed by atoms with Crippen molar-refractivity contribution in [1.82, 2.24) is 4.90 Å². The fraction of sp³-hybridized carbons (Fsp3) is 0.348. The standard InChI is InChI=1S/C23H23F6NO5/c1-30(13-15-8-11-17(32-2)20(34-4)19(15)33-3)18(31)12-7-14-5-9-16(10-6-14)35-23(28,29)21(24)22(25,26)27/h5-12,21H,13H2,1-4H3/b12-7+. The van der Waals surface area contributed by atoms with Crippen LogP contribution in [-0.4, -0.2) is 57.6 Å². The molecule has 0 bridgehead atoms. The van der Waals surface area contributed by atoms with Crippen LogP contribution in [0.2, 0.25) is 0 Å². The first-order valence-electron chi connectivity index (χ1n) is 9.92. The Labute approximate surface area is 197 Å².